The third-order valence-electron chi connectivity index (χ3n) is 3.11. The SMILES string of the molecule is CNc1nnc(-c2ccc3ccccc3c2)n1C. The highest BCUT2D eigenvalue weighted by molar-refractivity contribution is 5.86. The standard InChI is InChI=1S/C14H14N4/c1-15-14-17-16-13(18(14)2)12-8-7-10-5-3-4-6-11(10)9-12/h3-9H,1-2H3,(H,15,17). The van der Waals surface area contributed by atoms with E-state index in [-0.39, 0.29) is 0 Å². The molecule has 18 heavy (non-hydrogen) atoms. The second-order valence-corrected chi connectivity index (χ2v) is 4.22. The molecule has 2 aromatic carbocycles. The second-order valence-electron chi connectivity index (χ2n) is 4.22. The summed E-state index contributed by atoms with van der Waals surface area (Å²) in [6.07, 6.45) is 0. The van der Waals surface area contributed by atoms with Crippen molar-refractivity contribution in [3.63, 3.8) is 0 Å². The molecule has 0 spiro atoms. The van der Waals surface area contributed by atoms with Crippen molar-refractivity contribution in [1.29, 1.82) is 0 Å². The molecule has 3 rings (SSSR count). The van der Waals surface area contributed by atoms with Crippen LogP contribution in [0.5, 0.6) is 0 Å². The Labute approximate surface area is 105 Å². The minimum absolute atomic E-state index is 0.762. The number of nitrogens with one attached hydrogen (secondary N) is 1. The van der Waals surface area contributed by atoms with Crippen molar-refractivity contribution in [1.82, 2.24) is 14.8 Å². The second kappa shape index (κ2) is 4.14. The quantitative estimate of drug-likeness (QED) is 0.746. The maximum absolute atomic E-state index is 4.21. The van der Waals surface area contributed by atoms with Gasteiger partial charge in [-0.25, -0.2) is 0 Å². The van der Waals surface area contributed by atoms with Crippen LogP contribution in [-0.2, 0) is 7.05 Å². The van der Waals surface area contributed by atoms with Crippen LogP contribution in [0.1, 0.15) is 0 Å². The molecule has 0 saturated carbocycles. The van der Waals surface area contributed by atoms with E-state index in [0.29, 0.717) is 0 Å². The number of hydrogen-bond acceptors (Lipinski definition) is 3. The molecule has 1 heterocycles. The molecule has 3 aromatic rings. The molecule has 4 heteroatoms. The summed E-state index contributed by atoms with van der Waals surface area (Å²) in [5.74, 6) is 1.63. The van der Waals surface area contributed by atoms with Crippen LogP contribution < -0.4 is 5.32 Å². The molecule has 4 nitrogen and oxygen atoms in total. The molecule has 1 N–H and O–H groups in total. The Morgan fingerprint density at radius 3 is 2.50 bits per heavy atom. The number of benzene rings is 2. The van der Waals surface area contributed by atoms with Crippen molar-refractivity contribution in [3.05, 3.63) is 42.5 Å². The molecule has 0 unspecified atom stereocenters. The molecule has 1 aromatic heterocycles. The van der Waals surface area contributed by atoms with E-state index < -0.39 is 0 Å². The number of anilines is 1. The summed E-state index contributed by atoms with van der Waals surface area (Å²) in [4.78, 5) is 0. The maximum Gasteiger partial charge on any atom is 0.224 e. The van der Waals surface area contributed by atoms with Gasteiger partial charge in [0.2, 0.25) is 5.95 Å². The smallest absolute Gasteiger partial charge is 0.224 e. The van der Waals surface area contributed by atoms with Crippen LogP contribution >= 0.6 is 0 Å². The molecule has 90 valence electrons. The van der Waals surface area contributed by atoms with Crippen molar-refractivity contribution in [3.8, 4) is 11.4 Å². The Kier molecular flexibility index (Phi) is 2.48. The van der Waals surface area contributed by atoms with Crippen LogP contribution in [0.25, 0.3) is 22.2 Å². The van der Waals surface area contributed by atoms with E-state index in [2.05, 4.69) is 45.8 Å². The van der Waals surface area contributed by atoms with Gasteiger partial charge in [0.05, 0.1) is 0 Å². The summed E-state index contributed by atoms with van der Waals surface area (Å²) < 4.78 is 1.95. The van der Waals surface area contributed by atoms with E-state index >= 15 is 0 Å². The van der Waals surface area contributed by atoms with Crippen LogP contribution in [0.4, 0.5) is 5.95 Å². The lowest BCUT2D eigenvalue weighted by atomic mass is 10.1. The zero-order valence-electron chi connectivity index (χ0n) is 10.4. The lowest BCUT2D eigenvalue weighted by Gasteiger charge is -2.04. The Hall–Kier alpha value is -2.36. The molecule has 0 aliphatic heterocycles. The van der Waals surface area contributed by atoms with Gasteiger partial charge < -0.3 is 5.32 Å². The zero-order valence-corrected chi connectivity index (χ0v) is 10.4. The summed E-state index contributed by atoms with van der Waals surface area (Å²) in [5.41, 5.74) is 1.07. The molecule has 0 aliphatic carbocycles. The highest BCUT2D eigenvalue weighted by Gasteiger charge is 2.09. The lowest BCUT2D eigenvalue weighted by molar-refractivity contribution is 0.925. The van der Waals surface area contributed by atoms with Crippen molar-refractivity contribution in [2.24, 2.45) is 7.05 Å². The van der Waals surface area contributed by atoms with E-state index in [9.17, 15) is 0 Å². The first kappa shape index (κ1) is 10.8. The van der Waals surface area contributed by atoms with Crippen LogP contribution in [0.3, 0.4) is 0 Å². The van der Waals surface area contributed by atoms with E-state index in [0.717, 1.165) is 17.3 Å². The highest BCUT2D eigenvalue weighted by Crippen LogP contribution is 2.23. The van der Waals surface area contributed by atoms with E-state index in [1.54, 1.807) is 0 Å². The highest BCUT2D eigenvalue weighted by atomic mass is 15.3. The third kappa shape index (κ3) is 1.62. The molecule has 0 bridgehead atoms. The largest absolute Gasteiger partial charge is 0.357 e. The predicted molar refractivity (Wildman–Crippen MR) is 73.5 cm³/mol. The van der Waals surface area contributed by atoms with Crippen molar-refractivity contribution < 1.29 is 0 Å². The first-order valence-corrected chi connectivity index (χ1v) is 5.86. The van der Waals surface area contributed by atoms with Crippen molar-refractivity contribution >= 4 is 16.7 Å². The molecular weight excluding hydrogens is 224 g/mol. The fourth-order valence-corrected chi connectivity index (χ4v) is 2.13. The molecule has 0 saturated heterocycles. The minimum Gasteiger partial charge on any atom is -0.357 e. The zero-order chi connectivity index (χ0) is 12.5. The first-order valence-electron chi connectivity index (χ1n) is 5.86. The van der Waals surface area contributed by atoms with Crippen LogP contribution in [0, 0.1) is 0 Å². The van der Waals surface area contributed by atoms with E-state index in [1.807, 2.05) is 30.8 Å². The fourth-order valence-electron chi connectivity index (χ4n) is 2.13. The topological polar surface area (TPSA) is 42.7 Å². The van der Waals surface area contributed by atoms with Gasteiger partial charge in [0.25, 0.3) is 0 Å². The number of fused-ring (bicyclic) bond motifs is 1. The number of rotatable bonds is 2. The minimum atomic E-state index is 0.762. The molecular formula is C14H14N4. The fraction of sp³-hybridized carbons (Fsp3) is 0.143. The Balaban J connectivity index is 2.16. The molecule has 0 amide bonds. The Bertz CT molecular complexity index is 700. The molecule has 0 fully saturated rings. The van der Waals surface area contributed by atoms with Gasteiger partial charge in [-0.05, 0) is 16.8 Å². The van der Waals surface area contributed by atoms with Crippen LogP contribution in [0.15, 0.2) is 42.5 Å². The molecule has 0 aliphatic rings. The molecule has 0 radical (unpaired) electrons. The van der Waals surface area contributed by atoms with Gasteiger partial charge >= 0.3 is 0 Å². The van der Waals surface area contributed by atoms with Crippen LogP contribution in [0.2, 0.25) is 0 Å². The van der Waals surface area contributed by atoms with Gasteiger partial charge in [-0.3, -0.25) is 4.57 Å². The first-order chi connectivity index (χ1) is 8.79. The van der Waals surface area contributed by atoms with Gasteiger partial charge in [-0.15, -0.1) is 10.2 Å². The van der Waals surface area contributed by atoms with E-state index in [1.165, 1.54) is 10.8 Å². The van der Waals surface area contributed by atoms with Gasteiger partial charge in [0.15, 0.2) is 5.82 Å². The summed E-state index contributed by atoms with van der Waals surface area (Å²) in [5, 5.41) is 13.8. The third-order valence-corrected chi connectivity index (χ3v) is 3.11. The Morgan fingerprint density at radius 1 is 1.00 bits per heavy atom. The van der Waals surface area contributed by atoms with Gasteiger partial charge in [-0.1, -0.05) is 36.4 Å². The van der Waals surface area contributed by atoms with Gasteiger partial charge in [-0.2, -0.15) is 0 Å². The lowest BCUT2D eigenvalue weighted by Crippen LogP contribution is -1.99. The summed E-state index contributed by atoms with van der Waals surface area (Å²) in [7, 11) is 3.80. The van der Waals surface area contributed by atoms with Crippen LogP contribution in [-0.4, -0.2) is 21.8 Å². The number of nitrogens with zero attached hydrogens (tertiary/aromatic N) is 3. The normalized spacial score (nSPS) is 10.8. The maximum atomic E-state index is 4.21. The van der Waals surface area contributed by atoms with Crippen molar-refractivity contribution in [2.45, 2.75) is 0 Å². The summed E-state index contributed by atoms with van der Waals surface area (Å²) in [6, 6.07) is 14.6. The van der Waals surface area contributed by atoms with Crippen molar-refractivity contribution in [2.75, 3.05) is 12.4 Å². The average Bonchev–Trinajstić information content (AvgIpc) is 2.79. The summed E-state index contributed by atoms with van der Waals surface area (Å²) in [6.45, 7) is 0. The number of aromatic nitrogens is 3. The Morgan fingerprint density at radius 2 is 1.78 bits per heavy atom. The predicted octanol–water partition coefficient (Wildman–Crippen LogP) is 2.68. The van der Waals surface area contributed by atoms with Gasteiger partial charge in [0.1, 0.15) is 0 Å². The average molecular weight is 238 g/mol. The summed E-state index contributed by atoms with van der Waals surface area (Å²) >= 11 is 0. The van der Waals surface area contributed by atoms with Gasteiger partial charge in [0, 0.05) is 19.7 Å². The molecule has 0 atom stereocenters. The van der Waals surface area contributed by atoms with E-state index in [4.69, 9.17) is 0 Å². The number of hydrogen-bond donors (Lipinski definition) is 1. The monoisotopic (exact) mass is 238 g/mol.